The average molecular weight is 326 g/mol. The largest absolute Gasteiger partial charge is 0.465 e. The number of nitrogens with zero attached hydrogens (tertiary/aromatic N) is 1. The van der Waals surface area contributed by atoms with E-state index in [1.807, 2.05) is 0 Å². The van der Waals surface area contributed by atoms with Crippen molar-refractivity contribution in [3.63, 3.8) is 0 Å². The van der Waals surface area contributed by atoms with Gasteiger partial charge in [0, 0.05) is 6.54 Å². The van der Waals surface area contributed by atoms with Crippen molar-refractivity contribution in [2.45, 2.75) is 30.2 Å². The third-order valence-electron chi connectivity index (χ3n) is 3.64. The summed E-state index contributed by atoms with van der Waals surface area (Å²) in [6, 6.07) is 4.71. The second kappa shape index (κ2) is 6.45. The quantitative estimate of drug-likeness (QED) is 0.811. The summed E-state index contributed by atoms with van der Waals surface area (Å²) in [5, 5.41) is 0. The first-order valence-electron chi connectivity index (χ1n) is 6.87. The lowest BCUT2D eigenvalue weighted by atomic mass is 10.0. The molecule has 0 spiro atoms. The number of carbonyl (C=O) groups is 2. The van der Waals surface area contributed by atoms with Crippen LogP contribution in [0.5, 0.6) is 0 Å². The lowest BCUT2D eigenvalue weighted by molar-refractivity contribution is -0.122. The van der Waals surface area contributed by atoms with Crippen molar-refractivity contribution in [1.29, 1.82) is 0 Å². The lowest BCUT2D eigenvalue weighted by Crippen LogP contribution is -2.50. The number of nitrogens with two attached hydrogens (primary N) is 1. The molecule has 0 saturated carbocycles. The summed E-state index contributed by atoms with van der Waals surface area (Å²) >= 11 is 0. The Morgan fingerprint density at radius 2 is 2.05 bits per heavy atom. The maximum absolute atomic E-state index is 12.7. The van der Waals surface area contributed by atoms with E-state index in [4.69, 9.17) is 5.73 Å². The molecule has 1 aliphatic heterocycles. The van der Waals surface area contributed by atoms with Gasteiger partial charge in [-0.3, -0.25) is 4.79 Å². The minimum atomic E-state index is -3.90. The maximum atomic E-state index is 12.7. The van der Waals surface area contributed by atoms with Crippen LogP contribution in [0, 0.1) is 0 Å². The van der Waals surface area contributed by atoms with Crippen molar-refractivity contribution in [3.05, 3.63) is 29.8 Å². The van der Waals surface area contributed by atoms with E-state index in [-0.39, 0.29) is 17.0 Å². The molecule has 8 heteroatoms. The number of methoxy groups -OCH3 is 1. The predicted molar refractivity (Wildman–Crippen MR) is 78.5 cm³/mol. The smallest absolute Gasteiger partial charge is 0.337 e. The van der Waals surface area contributed by atoms with Crippen LogP contribution in [0.4, 0.5) is 0 Å². The third-order valence-corrected chi connectivity index (χ3v) is 5.55. The molecule has 0 aromatic heterocycles. The van der Waals surface area contributed by atoms with E-state index in [0.29, 0.717) is 12.8 Å². The average Bonchev–Trinajstić information content (AvgIpc) is 2.54. The Bertz CT molecular complexity index is 686. The van der Waals surface area contributed by atoms with Crippen LogP contribution in [0.1, 0.15) is 29.6 Å². The second-order valence-electron chi connectivity index (χ2n) is 5.05. The Morgan fingerprint density at radius 1 is 1.32 bits per heavy atom. The van der Waals surface area contributed by atoms with Gasteiger partial charge in [0.25, 0.3) is 0 Å². The van der Waals surface area contributed by atoms with Gasteiger partial charge in [0.05, 0.1) is 17.6 Å². The van der Waals surface area contributed by atoms with Crippen LogP contribution < -0.4 is 5.73 Å². The van der Waals surface area contributed by atoms with E-state index < -0.39 is 27.9 Å². The van der Waals surface area contributed by atoms with Crippen molar-refractivity contribution in [2.75, 3.05) is 13.7 Å². The number of primary amides is 1. The fourth-order valence-electron chi connectivity index (χ4n) is 2.51. The number of ether oxygens (including phenoxy) is 1. The molecule has 1 heterocycles. The van der Waals surface area contributed by atoms with Gasteiger partial charge in [0.1, 0.15) is 6.04 Å². The van der Waals surface area contributed by atoms with Crippen LogP contribution >= 0.6 is 0 Å². The Kier molecular flexibility index (Phi) is 4.82. The monoisotopic (exact) mass is 326 g/mol. The molecular weight excluding hydrogens is 308 g/mol. The molecule has 0 bridgehead atoms. The molecule has 1 aromatic rings. The van der Waals surface area contributed by atoms with Gasteiger partial charge < -0.3 is 10.5 Å². The third kappa shape index (κ3) is 3.12. The molecule has 1 atom stereocenters. The zero-order valence-electron chi connectivity index (χ0n) is 12.2. The van der Waals surface area contributed by atoms with Gasteiger partial charge in [-0.15, -0.1) is 0 Å². The minimum absolute atomic E-state index is 0.0523. The molecule has 2 rings (SSSR count). The summed E-state index contributed by atoms with van der Waals surface area (Å²) in [6.45, 7) is 0.235. The molecule has 0 aliphatic carbocycles. The predicted octanol–water partition coefficient (Wildman–Crippen LogP) is 0.502. The van der Waals surface area contributed by atoms with E-state index in [1.54, 1.807) is 0 Å². The molecule has 120 valence electrons. The first-order valence-corrected chi connectivity index (χ1v) is 8.31. The molecule has 7 nitrogen and oxygen atoms in total. The van der Waals surface area contributed by atoms with Gasteiger partial charge in [-0.25, -0.2) is 13.2 Å². The zero-order valence-corrected chi connectivity index (χ0v) is 13.0. The van der Waals surface area contributed by atoms with Gasteiger partial charge in [-0.05, 0) is 31.0 Å². The van der Waals surface area contributed by atoms with Crippen molar-refractivity contribution in [3.8, 4) is 0 Å². The van der Waals surface area contributed by atoms with E-state index in [1.165, 1.54) is 31.4 Å². The van der Waals surface area contributed by atoms with Gasteiger partial charge in [0.2, 0.25) is 15.9 Å². The molecule has 0 unspecified atom stereocenters. The fraction of sp³-hybridized carbons (Fsp3) is 0.429. The minimum Gasteiger partial charge on any atom is -0.465 e. The van der Waals surface area contributed by atoms with Crippen LogP contribution in [0.3, 0.4) is 0 Å². The summed E-state index contributed by atoms with van der Waals surface area (Å²) in [5.41, 5.74) is 5.45. The topological polar surface area (TPSA) is 107 Å². The number of sulfonamides is 1. The highest BCUT2D eigenvalue weighted by molar-refractivity contribution is 7.89. The number of benzene rings is 1. The Morgan fingerprint density at radius 3 is 2.68 bits per heavy atom. The van der Waals surface area contributed by atoms with Crippen LogP contribution in [0.25, 0.3) is 0 Å². The summed E-state index contributed by atoms with van der Waals surface area (Å²) in [5.74, 6) is -1.28. The zero-order chi connectivity index (χ0) is 16.3. The number of carbonyl (C=O) groups excluding carboxylic acids is 2. The van der Waals surface area contributed by atoms with E-state index in [0.717, 1.165) is 10.7 Å². The Balaban J connectivity index is 2.41. The van der Waals surface area contributed by atoms with Gasteiger partial charge >= 0.3 is 5.97 Å². The van der Waals surface area contributed by atoms with E-state index >= 15 is 0 Å². The summed E-state index contributed by atoms with van der Waals surface area (Å²) in [6.07, 6.45) is 1.83. The maximum Gasteiger partial charge on any atom is 0.337 e. The van der Waals surface area contributed by atoms with Gasteiger partial charge in [-0.2, -0.15) is 4.31 Å². The summed E-state index contributed by atoms with van der Waals surface area (Å²) in [4.78, 5) is 23.0. The fourth-order valence-corrected chi connectivity index (χ4v) is 4.22. The molecule has 1 amide bonds. The molecule has 1 fully saturated rings. The SMILES string of the molecule is COC(=O)c1cccc(S(=O)(=O)N2CCCC[C@H]2C(N)=O)c1. The molecule has 0 radical (unpaired) electrons. The standard InChI is InChI=1S/C14H18N2O5S/c1-21-14(18)10-5-4-6-11(9-10)22(19,20)16-8-3-2-7-12(16)13(15)17/h4-6,9,12H,2-3,7-8H2,1H3,(H2,15,17)/t12-/m0/s1. The number of rotatable bonds is 4. The normalized spacial score (nSPS) is 19.6. The van der Waals surface area contributed by atoms with Crippen molar-refractivity contribution >= 4 is 21.9 Å². The highest BCUT2D eigenvalue weighted by Gasteiger charge is 2.36. The molecule has 2 N–H and O–H groups in total. The highest BCUT2D eigenvalue weighted by atomic mass is 32.2. The van der Waals surface area contributed by atoms with E-state index in [9.17, 15) is 18.0 Å². The first-order chi connectivity index (χ1) is 10.4. The van der Waals surface area contributed by atoms with Crippen LogP contribution in [0.15, 0.2) is 29.2 Å². The number of piperidine rings is 1. The van der Waals surface area contributed by atoms with Crippen LogP contribution in [-0.4, -0.2) is 44.3 Å². The molecular formula is C14H18N2O5S. The van der Waals surface area contributed by atoms with E-state index in [2.05, 4.69) is 4.74 Å². The van der Waals surface area contributed by atoms with Crippen LogP contribution in [-0.2, 0) is 19.6 Å². The summed E-state index contributed by atoms with van der Waals surface area (Å²) in [7, 11) is -2.68. The summed E-state index contributed by atoms with van der Waals surface area (Å²) < 4.78 is 31.2. The number of hydrogen-bond acceptors (Lipinski definition) is 5. The van der Waals surface area contributed by atoms with Crippen LogP contribution in [0.2, 0.25) is 0 Å². The van der Waals surface area contributed by atoms with Gasteiger partial charge in [0.15, 0.2) is 0 Å². The molecule has 1 aliphatic rings. The molecule has 1 aromatic carbocycles. The van der Waals surface area contributed by atoms with Crippen molar-refractivity contribution in [1.82, 2.24) is 4.31 Å². The van der Waals surface area contributed by atoms with Crippen molar-refractivity contribution < 1.29 is 22.7 Å². The lowest BCUT2D eigenvalue weighted by Gasteiger charge is -2.32. The Labute approximate surface area is 129 Å². The second-order valence-corrected chi connectivity index (χ2v) is 6.94. The highest BCUT2D eigenvalue weighted by Crippen LogP contribution is 2.25. The molecule has 1 saturated heterocycles. The van der Waals surface area contributed by atoms with Gasteiger partial charge in [-0.1, -0.05) is 12.5 Å². The number of hydrogen-bond donors (Lipinski definition) is 1. The first kappa shape index (κ1) is 16.4. The number of amides is 1. The molecule has 22 heavy (non-hydrogen) atoms. The number of esters is 1. The Hall–Kier alpha value is -1.93. The van der Waals surface area contributed by atoms with Crippen molar-refractivity contribution in [2.24, 2.45) is 5.73 Å².